The van der Waals surface area contributed by atoms with Crippen LogP contribution in [0.3, 0.4) is 0 Å². The molecule has 1 saturated heterocycles. The van der Waals surface area contributed by atoms with Crippen molar-refractivity contribution in [2.75, 3.05) is 28.1 Å². The first-order valence-corrected chi connectivity index (χ1v) is 14.9. The lowest BCUT2D eigenvalue weighted by molar-refractivity contribution is -0.156. The summed E-state index contributed by atoms with van der Waals surface area (Å²) >= 11 is -2.83. The summed E-state index contributed by atoms with van der Waals surface area (Å²) in [4.78, 5) is 37.6. The van der Waals surface area contributed by atoms with Crippen LogP contribution in [0.1, 0.15) is 57.8 Å². The maximum absolute atomic E-state index is 14.7. The molecular formula is C30H36FN5O6S. The second kappa shape index (κ2) is 13.0. The number of amides is 1. The molecule has 3 heterocycles. The van der Waals surface area contributed by atoms with Crippen molar-refractivity contribution in [3.8, 4) is 17.0 Å². The number of carbonyl (C=O) groups excluding carboxylic acids is 2. The van der Waals surface area contributed by atoms with Gasteiger partial charge in [0.2, 0.25) is 0 Å². The molecule has 3 N–H and O–H groups in total. The summed E-state index contributed by atoms with van der Waals surface area (Å²) in [5, 5.41) is 0. The summed E-state index contributed by atoms with van der Waals surface area (Å²) in [6, 6.07) is 10.7. The standard InChI is InChI=1S/C30H36FN5O6S/c1-18(2)17-41-21-15-19(14-20(31)16-21)23-12-11-22(28(37)36(43(39)40)26-10-6-9-25(32)34-26)27(33-23)35-13-7-8-24(35)29(38)42-30(3,4)5/h6,9-12,14-16,18,24H,7-8,13,17H2,1-5H3,(H2,32,34)(H,39,40)/t24-/m0/s1. The normalized spacial score (nSPS) is 15.8. The van der Waals surface area contributed by atoms with Crippen LogP contribution < -0.4 is 19.7 Å². The summed E-state index contributed by atoms with van der Waals surface area (Å²) in [5.74, 6) is -1.44. The van der Waals surface area contributed by atoms with Crippen molar-refractivity contribution in [2.24, 2.45) is 5.92 Å². The molecule has 1 aliphatic rings. The Balaban J connectivity index is 1.84. The third-order valence-electron chi connectivity index (χ3n) is 6.36. The molecule has 1 aromatic carbocycles. The Labute approximate surface area is 252 Å². The van der Waals surface area contributed by atoms with Crippen molar-refractivity contribution < 1.29 is 32.2 Å². The minimum Gasteiger partial charge on any atom is -0.493 e. The van der Waals surface area contributed by atoms with E-state index in [2.05, 4.69) is 4.98 Å². The van der Waals surface area contributed by atoms with Crippen LogP contribution in [0.5, 0.6) is 5.75 Å². The van der Waals surface area contributed by atoms with Crippen LogP contribution in [0.4, 0.5) is 21.8 Å². The van der Waals surface area contributed by atoms with E-state index in [1.807, 2.05) is 13.8 Å². The van der Waals surface area contributed by atoms with E-state index in [-0.39, 0.29) is 28.9 Å². The molecule has 0 bridgehead atoms. The van der Waals surface area contributed by atoms with E-state index in [9.17, 15) is 22.7 Å². The SMILES string of the molecule is CC(C)COc1cc(F)cc(-c2ccc(C(=O)N(c3cccc(N)n3)S(=O)O)c(N3CCC[C@H]3C(=O)OC(C)(C)C)n2)c1. The molecule has 1 unspecified atom stereocenters. The highest BCUT2D eigenvalue weighted by atomic mass is 32.2. The Bertz CT molecular complexity index is 1530. The van der Waals surface area contributed by atoms with Gasteiger partial charge < -0.3 is 20.1 Å². The maximum Gasteiger partial charge on any atom is 0.329 e. The van der Waals surface area contributed by atoms with Crippen LogP contribution in [0.15, 0.2) is 48.5 Å². The number of benzene rings is 1. The summed E-state index contributed by atoms with van der Waals surface area (Å²) < 4.78 is 49.2. The largest absolute Gasteiger partial charge is 0.493 e. The molecule has 3 aromatic rings. The first kappa shape index (κ1) is 31.8. The van der Waals surface area contributed by atoms with Crippen molar-refractivity contribution in [3.05, 3.63) is 59.9 Å². The number of hydrogen-bond acceptors (Lipinski definition) is 9. The van der Waals surface area contributed by atoms with Gasteiger partial charge in [0, 0.05) is 18.2 Å². The summed E-state index contributed by atoms with van der Waals surface area (Å²) in [7, 11) is 0. The second-order valence-corrected chi connectivity index (χ2v) is 12.4. The summed E-state index contributed by atoms with van der Waals surface area (Å²) in [6.07, 6.45) is 1.04. The molecule has 230 valence electrons. The lowest BCUT2D eigenvalue weighted by Crippen LogP contribution is -2.42. The average Bonchev–Trinajstić information content (AvgIpc) is 3.40. The zero-order valence-electron chi connectivity index (χ0n) is 24.7. The van der Waals surface area contributed by atoms with E-state index in [1.165, 1.54) is 42.5 Å². The van der Waals surface area contributed by atoms with Gasteiger partial charge >= 0.3 is 5.97 Å². The molecule has 0 saturated carbocycles. The number of aromatic nitrogens is 2. The number of nitrogens with zero attached hydrogens (tertiary/aromatic N) is 4. The highest BCUT2D eigenvalue weighted by Crippen LogP contribution is 2.34. The molecule has 11 nitrogen and oxygen atoms in total. The molecule has 2 atom stereocenters. The van der Waals surface area contributed by atoms with E-state index in [4.69, 9.17) is 20.2 Å². The molecule has 1 fully saturated rings. The summed E-state index contributed by atoms with van der Waals surface area (Å²) in [6.45, 7) is 9.96. The lowest BCUT2D eigenvalue weighted by Gasteiger charge is -2.30. The molecule has 1 amide bonds. The maximum atomic E-state index is 14.7. The fourth-order valence-corrected chi connectivity index (χ4v) is 5.11. The zero-order chi connectivity index (χ0) is 31.5. The molecule has 13 heteroatoms. The zero-order valence-corrected chi connectivity index (χ0v) is 25.6. The van der Waals surface area contributed by atoms with Crippen LogP contribution >= 0.6 is 0 Å². The van der Waals surface area contributed by atoms with Gasteiger partial charge in [-0.3, -0.25) is 9.35 Å². The third kappa shape index (κ3) is 7.85. The average molecular weight is 614 g/mol. The molecule has 0 spiro atoms. The van der Waals surface area contributed by atoms with Crippen molar-refractivity contribution in [1.82, 2.24) is 9.97 Å². The van der Waals surface area contributed by atoms with Crippen LogP contribution in [0.25, 0.3) is 11.3 Å². The van der Waals surface area contributed by atoms with E-state index in [0.717, 1.165) is 0 Å². The van der Waals surface area contributed by atoms with Gasteiger partial charge in [-0.25, -0.2) is 23.4 Å². The van der Waals surface area contributed by atoms with Crippen molar-refractivity contribution in [2.45, 2.75) is 59.1 Å². The Morgan fingerprint density at radius 2 is 1.93 bits per heavy atom. The fourth-order valence-electron chi connectivity index (χ4n) is 4.60. The number of ether oxygens (including phenoxy) is 2. The van der Waals surface area contributed by atoms with Gasteiger partial charge in [0.25, 0.3) is 17.2 Å². The van der Waals surface area contributed by atoms with Crippen LogP contribution in [-0.4, -0.2) is 55.4 Å². The van der Waals surface area contributed by atoms with Crippen molar-refractivity contribution in [1.29, 1.82) is 0 Å². The Morgan fingerprint density at radius 3 is 2.58 bits per heavy atom. The number of pyridine rings is 2. The first-order chi connectivity index (χ1) is 20.2. The molecule has 2 aromatic heterocycles. The number of esters is 1. The lowest BCUT2D eigenvalue weighted by atomic mass is 10.1. The Kier molecular flexibility index (Phi) is 9.65. The predicted octanol–water partition coefficient (Wildman–Crippen LogP) is 4.99. The number of nitrogens with two attached hydrogens (primary N) is 1. The van der Waals surface area contributed by atoms with E-state index < -0.39 is 40.6 Å². The Hall–Kier alpha value is -4.10. The number of halogens is 1. The molecule has 4 rings (SSSR count). The van der Waals surface area contributed by atoms with Gasteiger partial charge in [0.15, 0.2) is 5.82 Å². The smallest absolute Gasteiger partial charge is 0.329 e. The Morgan fingerprint density at radius 1 is 1.19 bits per heavy atom. The topological polar surface area (TPSA) is 148 Å². The van der Waals surface area contributed by atoms with E-state index >= 15 is 0 Å². The molecule has 0 radical (unpaired) electrons. The van der Waals surface area contributed by atoms with Gasteiger partial charge in [-0.15, -0.1) is 0 Å². The monoisotopic (exact) mass is 613 g/mol. The predicted molar refractivity (Wildman–Crippen MR) is 162 cm³/mol. The number of hydrogen-bond donors (Lipinski definition) is 2. The number of carbonyl (C=O) groups is 2. The quantitative estimate of drug-likeness (QED) is 0.250. The minimum absolute atomic E-state index is 0.0422. The second-order valence-electron chi connectivity index (χ2n) is 11.6. The number of anilines is 3. The third-order valence-corrected chi connectivity index (χ3v) is 7.03. The van der Waals surface area contributed by atoms with Crippen LogP contribution in [-0.2, 0) is 20.8 Å². The summed E-state index contributed by atoms with van der Waals surface area (Å²) in [5.41, 5.74) is 5.63. The van der Waals surface area contributed by atoms with Gasteiger partial charge in [-0.2, -0.15) is 4.31 Å². The molecular weight excluding hydrogens is 577 g/mol. The molecule has 0 aliphatic carbocycles. The highest BCUT2D eigenvalue weighted by molar-refractivity contribution is 7.81. The van der Waals surface area contributed by atoms with Crippen molar-refractivity contribution >= 4 is 40.6 Å². The molecule has 43 heavy (non-hydrogen) atoms. The number of rotatable bonds is 9. The molecule has 1 aliphatic heterocycles. The number of nitrogen functional groups attached to an aromatic ring is 1. The van der Waals surface area contributed by atoms with E-state index in [1.54, 1.807) is 31.7 Å². The van der Waals surface area contributed by atoms with Crippen molar-refractivity contribution in [3.63, 3.8) is 0 Å². The van der Waals surface area contributed by atoms with Gasteiger partial charge in [0.1, 0.15) is 34.8 Å². The first-order valence-electron chi connectivity index (χ1n) is 13.9. The van der Waals surface area contributed by atoms with E-state index in [0.29, 0.717) is 47.3 Å². The van der Waals surface area contributed by atoms with Gasteiger partial charge in [-0.05, 0) is 75.9 Å². The van der Waals surface area contributed by atoms with Crippen LogP contribution in [0.2, 0.25) is 0 Å². The fraction of sp³-hybridized carbons (Fsp3) is 0.400. The van der Waals surface area contributed by atoms with Gasteiger partial charge in [-0.1, -0.05) is 19.9 Å². The van der Waals surface area contributed by atoms with Gasteiger partial charge in [0.05, 0.1) is 17.9 Å². The highest BCUT2D eigenvalue weighted by Gasteiger charge is 2.38. The minimum atomic E-state index is -2.83. The van der Waals surface area contributed by atoms with Crippen LogP contribution in [0, 0.1) is 11.7 Å².